The van der Waals surface area contributed by atoms with Gasteiger partial charge in [-0.3, -0.25) is 9.59 Å². The first-order valence-corrected chi connectivity index (χ1v) is 6.37. The Morgan fingerprint density at radius 3 is 2.17 bits per heavy atom. The second-order valence-corrected chi connectivity index (χ2v) is 5.45. The van der Waals surface area contributed by atoms with Gasteiger partial charge < -0.3 is 14.7 Å². The fraction of sp³-hybridized carbons (Fsp3) is 0.846. The molecule has 0 unspecified atom stereocenters. The van der Waals surface area contributed by atoms with Crippen LogP contribution in [0.1, 0.15) is 40.0 Å². The van der Waals surface area contributed by atoms with Crippen LogP contribution in [0.15, 0.2) is 0 Å². The highest BCUT2D eigenvalue weighted by Crippen LogP contribution is 2.35. The molecule has 0 aromatic rings. The molecule has 1 saturated heterocycles. The molecule has 1 aliphatic heterocycles. The third kappa shape index (κ3) is 2.66. The van der Waals surface area contributed by atoms with Gasteiger partial charge in [0.15, 0.2) is 0 Å². The fourth-order valence-electron chi connectivity index (χ4n) is 2.32. The maximum absolute atomic E-state index is 12.2. The molecular weight excluding hydrogens is 234 g/mol. The predicted octanol–water partition coefficient (Wildman–Crippen LogP) is 1.51. The summed E-state index contributed by atoms with van der Waals surface area (Å²) in [7, 11) is 1.51. The van der Waals surface area contributed by atoms with Crippen LogP contribution >= 0.6 is 0 Å². The molecule has 1 N–H and O–H groups in total. The van der Waals surface area contributed by atoms with Crippen molar-refractivity contribution in [3.63, 3.8) is 0 Å². The summed E-state index contributed by atoms with van der Waals surface area (Å²) >= 11 is 0. The van der Waals surface area contributed by atoms with E-state index in [0.29, 0.717) is 32.4 Å². The van der Waals surface area contributed by atoms with E-state index in [9.17, 15) is 14.7 Å². The van der Waals surface area contributed by atoms with E-state index in [1.165, 1.54) is 7.11 Å². The van der Waals surface area contributed by atoms with E-state index in [2.05, 4.69) is 0 Å². The Morgan fingerprint density at radius 2 is 1.83 bits per heavy atom. The molecule has 1 amide bonds. The first-order chi connectivity index (χ1) is 8.29. The normalized spacial score (nSPS) is 19.7. The van der Waals surface area contributed by atoms with Crippen molar-refractivity contribution in [1.29, 1.82) is 0 Å². The average Bonchev–Trinajstić information content (AvgIpc) is 2.37. The van der Waals surface area contributed by atoms with Crippen LogP contribution in [0, 0.1) is 5.41 Å². The molecule has 104 valence electrons. The van der Waals surface area contributed by atoms with Gasteiger partial charge in [0.25, 0.3) is 5.91 Å². The molecule has 0 spiro atoms. The summed E-state index contributed by atoms with van der Waals surface area (Å²) in [6, 6.07) is 0. The second-order valence-electron chi connectivity index (χ2n) is 5.45. The van der Waals surface area contributed by atoms with E-state index < -0.39 is 17.0 Å². The van der Waals surface area contributed by atoms with Crippen LogP contribution in [-0.4, -0.2) is 47.7 Å². The number of methoxy groups -OCH3 is 1. The number of rotatable bonds is 4. The number of ether oxygens (including phenoxy) is 1. The molecule has 0 aliphatic carbocycles. The van der Waals surface area contributed by atoms with Gasteiger partial charge in [-0.25, -0.2) is 0 Å². The molecule has 1 heterocycles. The smallest absolute Gasteiger partial charge is 0.309 e. The maximum Gasteiger partial charge on any atom is 0.309 e. The zero-order chi connectivity index (χ0) is 14.0. The molecule has 0 aromatic carbocycles. The van der Waals surface area contributed by atoms with E-state index in [1.807, 2.05) is 6.92 Å². The lowest BCUT2D eigenvalue weighted by atomic mass is 9.76. The molecule has 18 heavy (non-hydrogen) atoms. The minimum absolute atomic E-state index is 0.0694. The van der Waals surface area contributed by atoms with Gasteiger partial charge in [-0.1, -0.05) is 6.92 Å². The highest BCUT2D eigenvalue weighted by atomic mass is 16.5. The summed E-state index contributed by atoms with van der Waals surface area (Å²) in [5.41, 5.74) is -1.50. The Kier molecular flexibility index (Phi) is 4.37. The number of piperidine rings is 1. The Balaban J connectivity index is 2.70. The van der Waals surface area contributed by atoms with E-state index >= 15 is 0 Å². The van der Waals surface area contributed by atoms with Crippen LogP contribution in [0.3, 0.4) is 0 Å². The third-order valence-corrected chi connectivity index (χ3v) is 4.16. The van der Waals surface area contributed by atoms with Crippen LogP contribution in [0.25, 0.3) is 0 Å². The first-order valence-electron chi connectivity index (χ1n) is 6.37. The standard InChI is InChI=1S/C13H23NO4/c1-5-13(11(16)17)6-8-14(9-7-13)10(15)12(2,3)18-4/h5-9H2,1-4H3,(H,16,17). The van der Waals surface area contributed by atoms with Crippen molar-refractivity contribution in [1.82, 2.24) is 4.90 Å². The van der Waals surface area contributed by atoms with Gasteiger partial charge in [0.2, 0.25) is 0 Å². The number of hydrogen-bond donors (Lipinski definition) is 1. The summed E-state index contributed by atoms with van der Waals surface area (Å²) in [6.45, 7) is 6.34. The highest BCUT2D eigenvalue weighted by Gasteiger charge is 2.43. The number of nitrogens with zero attached hydrogens (tertiary/aromatic N) is 1. The van der Waals surface area contributed by atoms with Crippen molar-refractivity contribution in [2.45, 2.75) is 45.6 Å². The fourth-order valence-corrected chi connectivity index (χ4v) is 2.32. The topological polar surface area (TPSA) is 66.8 Å². The van der Waals surface area contributed by atoms with Crippen LogP contribution in [-0.2, 0) is 14.3 Å². The second kappa shape index (κ2) is 5.26. The summed E-state index contributed by atoms with van der Waals surface area (Å²) < 4.78 is 5.17. The Labute approximate surface area is 108 Å². The van der Waals surface area contributed by atoms with Crippen molar-refractivity contribution < 1.29 is 19.4 Å². The minimum Gasteiger partial charge on any atom is -0.481 e. The van der Waals surface area contributed by atoms with Crippen molar-refractivity contribution in [2.75, 3.05) is 20.2 Å². The summed E-state index contributed by atoms with van der Waals surface area (Å²) in [4.78, 5) is 25.2. The molecule has 1 aliphatic rings. The molecule has 0 radical (unpaired) electrons. The highest BCUT2D eigenvalue weighted by molar-refractivity contribution is 5.85. The van der Waals surface area contributed by atoms with Crippen molar-refractivity contribution in [2.24, 2.45) is 5.41 Å². The number of carbonyl (C=O) groups excluding carboxylic acids is 1. The molecule has 1 rings (SSSR count). The van der Waals surface area contributed by atoms with Gasteiger partial charge in [0.1, 0.15) is 5.60 Å². The molecule has 0 atom stereocenters. The Morgan fingerprint density at radius 1 is 1.33 bits per heavy atom. The number of likely N-dealkylation sites (tertiary alicyclic amines) is 1. The molecule has 0 aromatic heterocycles. The lowest BCUT2D eigenvalue weighted by Crippen LogP contribution is -2.52. The number of carboxylic acids is 1. The van der Waals surface area contributed by atoms with E-state index in [4.69, 9.17) is 4.74 Å². The van der Waals surface area contributed by atoms with Crippen LogP contribution < -0.4 is 0 Å². The monoisotopic (exact) mass is 257 g/mol. The molecular formula is C13H23NO4. The maximum atomic E-state index is 12.2. The van der Waals surface area contributed by atoms with Gasteiger partial charge in [-0.15, -0.1) is 0 Å². The minimum atomic E-state index is -0.838. The van der Waals surface area contributed by atoms with Gasteiger partial charge in [0.05, 0.1) is 5.41 Å². The summed E-state index contributed by atoms with van der Waals surface area (Å²) in [6.07, 6.45) is 1.65. The van der Waals surface area contributed by atoms with Crippen LogP contribution in [0.2, 0.25) is 0 Å². The van der Waals surface area contributed by atoms with Gasteiger partial charge in [-0.05, 0) is 33.1 Å². The average molecular weight is 257 g/mol. The van der Waals surface area contributed by atoms with Gasteiger partial charge >= 0.3 is 5.97 Å². The largest absolute Gasteiger partial charge is 0.481 e. The number of amides is 1. The van der Waals surface area contributed by atoms with Crippen molar-refractivity contribution in [3.05, 3.63) is 0 Å². The van der Waals surface area contributed by atoms with E-state index in [0.717, 1.165) is 0 Å². The lowest BCUT2D eigenvalue weighted by Gasteiger charge is -2.40. The molecule has 0 saturated carbocycles. The molecule has 5 nitrogen and oxygen atoms in total. The Bertz CT molecular complexity index is 330. The SMILES string of the molecule is CCC1(C(=O)O)CCN(C(=O)C(C)(C)OC)CC1. The van der Waals surface area contributed by atoms with Crippen molar-refractivity contribution >= 4 is 11.9 Å². The quantitative estimate of drug-likeness (QED) is 0.829. The lowest BCUT2D eigenvalue weighted by molar-refractivity contribution is -0.160. The summed E-state index contributed by atoms with van der Waals surface area (Å²) in [5.74, 6) is -0.816. The summed E-state index contributed by atoms with van der Waals surface area (Å²) in [5, 5.41) is 9.29. The Hall–Kier alpha value is -1.10. The third-order valence-electron chi connectivity index (χ3n) is 4.16. The van der Waals surface area contributed by atoms with Gasteiger partial charge in [-0.2, -0.15) is 0 Å². The molecule has 5 heteroatoms. The predicted molar refractivity (Wildman–Crippen MR) is 67.3 cm³/mol. The van der Waals surface area contributed by atoms with E-state index in [-0.39, 0.29) is 5.91 Å². The van der Waals surface area contributed by atoms with E-state index in [1.54, 1.807) is 18.7 Å². The number of aliphatic carboxylic acids is 1. The zero-order valence-corrected chi connectivity index (χ0v) is 11.7. The number of hydrogen-bond acceptors (Lipinski definition) is 3. The van der Waals surface area contributed by atoms with Crippen LogP contribution in [0.5, 0.6) is 0 Å². The zero-order valence-electron chi connectivity index (χ0n) is 11.7. The van der Waals surface area contributed by atoms with Crippen LogP contribution in [0.4, 0.5) is 0 Å². The number of carbonyl (C=O) groups is 2. The first kappa shape index (κ1) is 15.0. The number of carboxylic acid groups (broad SMARTS) is 1. The van der Waals surface area contributed by atoms with Crippen molar-refractivity contribution in [3.8, 4) is 0 Å². The van der Waals surface area contributed by atoms with Gasteiger partial charge in [0, 0.05) is 20.2 Å². The molecule has 0 bridgehead atoms. The molecule has 1 fully saturated rings.